The molecule has 0 saturated carbocycles. The first-order valence-corrected chi connectivity index (χ1v) is 9.15. The van der Waals surface area contributed by atoms with E-state index in [4.69, 9.17) is 0 Å². The predicted molar refractivity (Wildman–Crippen MR) is 89.9 cm³/mol. The van der Waals surface area contributed by atoms with E-state index in [-0.39, 0.29) is 16.5 Å². The number of nitrogens with zero attached hydrogens (tertiary/aromatic N) is 1. The Balaban J connectivity index is 1.88. The van der Waals surface area contributed by atoms with E-state index in [9.17, 15) is 22.0 Å². The van der Waals surface area contributed by atoms with Crippen LogP contribution < -0.4 is 9.62 Å². The molecule has 1 saturated heterocycles. The lowest BCUT2D eigenvalue weighted by Crippen LogP contribution is -2.24. The number of anilines is 2. The summed E-state index contributed by atoms with van der Waals surface area (Å²) < 4.78 is 53.3. The second-order valence-corrected chi connectivity index (χ2v) is 7.51. The van der Waals surface area contributed by atoms with Crippen LogP contribution in [0.4, 0.5) is 20.2 Å². The molecule has 132 valence electrons. The van der Waals surface area contributed by atoms with Crippen molar-refractivity contribution in [3.8, 4) is 0 Å². The van der Waals surface area contributed by atoms with Crippen LogP contribution in [0.15, 0.2) is 41.3 Å². The Labute approximate surface area is 144 Å². The van der Waals surface area contributed by atoms with E-state index < -0.39 is 21.7 Å². The Hall–Kier alpha value is -2.48. The lowest BCUT2D eigenvalue weighted by atomic mass is 10.2. The maximum Gasteiger partial charge on any atom is 0.261 e. The van der Waals surface area contributed by atoms with E-state index in [0.717, 1.165) is 24.6 Å². The van der Waals surface area contributed by atoms with Crippen LogP contribution in [0.3, 0.4) is 0 Å². The summed E-state index contributed by atoms with van der Waals surface area (Å²) >= 11 is 0. The topological polar surface area (TPSA) is 66.5 Å². The van der Waals surface area contributed by atoms with Crippen molar-refractivity contribution < 1.29 is 22.0 Å². The Kier molecular flexibility index (Phi) is 4.47. The summed E-state index contributed by atoms with van der Waals surface area (Å²) in [4.78, 5) is 13.4. The third-order valence-electron chi connectivity index (χ3n) is 4.01. The molecule has 1 aliphatic rings. The van der Waals surface area contributed by atoms with Crippen molar-refractivity contribution in [2.75, 3.05) is 16.2 Å². The SMILES string of the molecule is Cc1cc(S(=O)(=O)Nc2ccc(F)c(F)c2)ccc1N1CCCC1=O. The highest BCUT2D eigenvalue weighted by molar-refractivity contribution is 7.92. The third kappa shape index (κ3) is 3.48. The fourth-order valence-corrected chi connectivity index (χ4v) is 3.91. The molecule has 1 fully saturated rings. The zero-order valence-electron chi connectivity index (χ0n) is 13.4. The van der Waals surface area contributed by atoms with Gasteiger partial charge in [0.15, 0.2) is 11.6 Å². The first-order valence-electron chi connectivity index (χ1n) is 7.67. The molecule has 8 heteroatoms. The maximum atomic E-state index is 13.2. The Morgan fingerprint density at radius 3 is 2.44 bits per heavy atom. The van der Waals surface area contributed by atoms with Crippen LogP contribution in [0.2, 0.25) is 0 Å². The summed E-state index contributed by atoms with van der Waals surface area (Å²) in [7, 11) is -3.96. The molecule has 25 heavy (non-hydrogen) atoms. The molecule has 2 aromatic rings. The van der Waals surface area contributed by atoms with Gasteiger partial charge in [0.1, 0.15) is 0 Å². The minimum absolute atomic E-state index is 0.0126. The second-order valence-electron chi connectivity index (χ2n) is 5.83. The predicted octanol–water partition coefficient (Wildman–Crippen LogP) is 3.20. The highest BCUT2D eigenvalue weighted by Crippen LogP contribution is 2.28. The van der Waals surface area contributed by atoms with Crippen molar-refractivity contribution in [3.63, 3.8) is 0 Å². The first kappa shape index (κ1) is 17.3. The van der Waals surface area contributed by atoms with Crippen LogP contribution in [0, 0.1) is 18.6 Å². The van der Waals surface area contributed by atoms with E-state index in [1.54, 1.807) is 17.9 Å². The van der Waals surface area contributed by atoms with Gasteiger partial charge in [-0.2, -0.15) is 0 Å². The quantitative estimate of drug-likeness (QED) is 0.904. The van der Waals surface area contributed by atoms with E-state index in [0.29, 0.717) is 24.2 Å². The molecule has 0 aromatic heterocycles. The smallest absolute Gasteiger partial charge is 0.261 e. The molecule has 0 aliphatic carbocycles. The van der Waals surface area contributed by atoms with Gasteiger partial charge in [-0.1, -0.05) is 0 Å². The molecule has 0 bridgehead atoms. The van der Waals surface area contributed by atoms with Crippen molar-refractivity contribution in [1.29, 1.82) is 0 Å². The second kappa shape index (κ2) is 6.44. The summed E-state index contributed by atoms with van der Waals surface area (Å²) in [6.45, 7) is 2.33. The van der Waals surface area contributed by atoms with Crippen LogP contribution in [-0.4, -0.2) is 20.9 Å². The summed E-state index contributed by atoms with van der Waals surface area (Å²) in [5.74, 6) is -2.18. The van der Waals surface area contributed by atoms with Crippen molar-refractivity contribution in [1.82, 2.24) is 0 Å². The molecule has 5 nitrogen and oxygen atoms in total. The molecule has 1 N–H and O–H groups in total. The van der Waals surface area contributed by atoms with Crippen LogP contribution >= 0.6 is 0 Å². The van der Waals surface area contributed by atoms with Gasteiger partial charge in [0.05, 0.1) is 10.6 Å². The molecule has 0 spiro atoms. The normalized spacial score (nSPS) is 14.8. The van der Waals surface area contributed by atoms with Gasteiger partial charge in [-0.05, 0) is 49.2 Å². The molecule has 2 aromatic carbocycles. The van der Waals surface area contributed by atoms with Crippen LogP contribution in [0.25, 0.3) is 0 Å². The average molecular weight is 366 g/mol. The number of benzene rings is 2. The van der Waals surface area contributed by atoms with Gasteiger partial charge >= 0.3 is 0 Å². The lowest BCUT2D eigenvalue weighted by molar-refractivity contribution is -0.117. The zero-order valence-corrected chi connectivity index (χ0v) is 14.2. The van der Waals surface area contributed by atoms with Gasteiger partial charge in [0.25, 0.3) is 10.0 Å². The number of carbonyl (C=O) groups is 1. The highest BCUT2D eigenvalue weighted by Gasteiger charge is 2.24. The number of sulfonamides is 1. The third-order valence-corrected chi connectivity index (χ3v) is 5.39. The van der Waals surface area contributed by atoms with Crippen molar-refractivity contribution in [3.05, 3.63) is 53.6 Å². The summed E-state index contributed by atoms with van der Waals surface area (Å²) in [5.41, 5.74) is 1.24. The molecule has 0 atom stereocenters. The monoisotopic (exact) mass is 366 g/mol. The number of amides is 1. The molecule has 1 aliphatic heterocycles. The van der Waals surface area contributed by atoms with Gasteiger partial charge in [0, 0.05) is 24.7 Å². The summed E-state index contributed by atoms with van der Waals surface area (Å²) in [6.07, 6.45) is 1.26. The number of aryl methyl sites for hydroxylation is 1. The first-order chi connectivity index (χ1) is 11.8. The molecular formula is C17H16F2N2O3S. The molecule has 0 unspecified atom stereocenters. The molecule has 3 rings (SSSR count). The van der Waals surface area contributed by atoms with Crippen LogP contribution in [0.1, 0.15) is 18.4 Å². The van der Waals surface area contributed by atoms with Crippen LogP contribution in [0.5, 0.6) is 0 Å². The zero-order chi connectivity index (χ0) is 18.2. The summed E-state index contributed by atoms with van der Waals surface area (Å²) in [5, 5.41) is 0. The van der Waals surface area contributed by atoms with Gasteiger partial charge in [0.2, 0.25) is 5.91 Å². The van der Waals surface area contributed by atoms with Gasteiger partial charge in [-0.25, -0.2) is 17.2 Å². The minimum atomic E-state index is -3.96. The number of hydrogen-bond donors (Lipinski definition) is 1. The van der Waals surface area contributed by atoms with Crippen molar-refractivity contribution in [2.24, 2.45) is 0 Å². The van der Waals surface area contributed by atoms with E-state index >= 15 is 0 Å². The molecule has 0 radical (unpaired) electrons. The van der Waals surface area contributed by atoms with Crippen molar-refractivity contribution >= 4 is 27.3 Å². The van der Waals surface area contributed by atoms with E-state index in [2.05, 4.69) is 4.72 Å². The lowest BCUT2D eigenvalue weighted by Gasteiger charge is -2.19. The highest BCUT2D eigenvalue weighted by atomic mass is 32.2. The molecule has 1 amide bonds. The average Bonchev–Trinajstić information content (AvgIpc) is 2.96. The number of halogens is 2. The Morgan fingerprint density at radius 1 is 1.08 bits per heavy atom. The summed E-state index contributed by atoms with van der Waals surface area (Å²) in [6, 6.07) is 7.18. The fourth-order valence-electron chi connectivity index (χ4n) is 2.77. The number of hydrogen-bond acceptors (Lipinski definition) is 3. The largest absolute Gasteiger partial charge is 0.312 e. The number of nitrogens with one attached hydrogen (secondary N) is 1. The maximum absolute atomic E-state index is 13.2. The Morgan fingerprint density at radius 2 is 1.84 bits per heavy atom. The van der Waals surface area contributed by atoms with Gasteiger partial charge < -0.3 is 4.90 Å². The van der Waals surface area contributed by atoms with Crippen LogP contribution in [-0.2, 0) is 14.8 Å². The molecular weight excluding hydrogens is 350 g/mol. The fraction of sp³-hybridized carbons (Fsp3) is 0.235. The van der Waals surface area contributed by atoms with Gasteiger partial charge in [-0.15, -0.1) is 0 Å². The Bertz CT molecular complexity index is 945. The van der Waals surface area contributed by atoms with Gasteiger partial charge in [-0.3, -0.25) is 9.52 Å². The van der Waals surface area contributed by atoms with Crippen molar-refractivity contribution in [2.45, 2.75) is 24.7 Å². The van der Waals surface area contributed by atoms with E-state index in [1.165, 1.54) is 12.1 Å². The standard InChI is InChI=1S/C17H16F2N2O3S/c1-11-9-13(5-7-16(11)21-8-2-3-17(21)22)25(23,24)20-12-4-6-14(18)15(19)10-12/h4-7,9-10,20H,2-3,8H2,1H3. The van der Waals surface area contributed by atoms with E-state index in [1.807, 2.05) is 0 Å². The number of carbonyl (C=O) groups excluding carboxylic acids is 1. The minimum Gasteiger partial charge on any atom is -0.312 e. The molecule has 1 heterocycles. The number of rotatable bonds is 4.